The highest BCUT2D eigenvalue weighted by molar-refractivity contribution is 6.00. The van der Waals surface area contributed by atoms with Gasteiger partial charge in [-0.25, -0.2) is 4.79 Å². The summed E-state index contributed by atoms with van der Waals surface area (Å²) < 4.78 is 34.7. The zero-order chi connectivity index (χ0) is 17.5. The van der Waals surface area contributed by atoms with Crippen molar-refractivity contribution in [3.8, 4) is 11.5 Å². The highest BCUT2D eigenvalue weighted by Gasteiger charge is 2.43. The number of amides is 2. The molecule has 7 heteroatoms. The van der Waals surface area contributed by atoms with Gasteiger partial charge in [0, 0.05) is 17.4 Å². The molecule has 0 atom stereocenters. The summed E-state index contributed by atoms with van der Waals surface area (Å²) in [4.78, 5) is 12.2. The van der Waals surface area contributed by atoms with Gasteiger partial charge in [-0.05, 0) is 44.0 Å². The van der Waals surface area contributed by atoms with E-state index in [4.69, 9.17) is 0 Å². The van der Waals surface area contributed by atoms with Crippen molar-refractivity contribution in [1.29, 1.82) is 0 Å². The second kappa shape index (κ2) is 5.67. The van der Waals surface area contributed by atoms with Gasteiger partial charge in [-0.2, -0.15) is 0 Å². The molecular weight excluding hydrogens is 318 g/mol. The molecule has 5 nitrogen and oxygen atoms in total. The van der Waals surface area contributed by atoms with Crippen LogP contribution in [0.1, 0.15) is 16.7 Å². The van der Waals surface area contributed by atoms with Crippen LogP contribution >= 0.6 is 0 Å². The Kier molecular flexibility index (Phi) is 3.79. The van der Waals surface area contributed by atoms with Gasteiger partial charge in [-0.1, -0.05) is 17.7 Å². The number of hydrogen-bond donors (Lipinski definition) is 2. The summed E-state index contributed by atoms with van der Waals surface area (Å²) in [6.45, 7) is 5.78. The number of rotatable bonds is 2. The van der Waals surface area contributed by atoms with Gasteiger partial charge in [-0.3, -0.25) is 0 Å². The number of fused-ring (bicyclic) bond motifs is 1. The fraction of sp³-hybridized carbons (Fsp3) is 0.235. The predicted molar refractivity (Wildman–Crippen MR) is 85.9 cm³/mol. The Hall–Kier alpha value is -2.83. The Morgan fingerprint density at radius 1 is 0.958 bits per heavy atom. The number of ether oxygens (including phenoxy) is 2. The number of nitrogens with one attached hydrogen (secondary N) is 2. The minimum Gasteiger partial charge on any atom is -0.395 e. The summed E-state index contributed by atoms with van der Waals surface area (Å²) in [5, 5.41) is 5.35. The van der Waals surface area contributed by atoms with Gasteiger partial charge in [0.25, 0.3) is 0 Å². The van der Waals surface area contributed by atoms with E-state index in [0.717, 1.165) is 16.7 Å². The predicted octanol–water partition coefficient (Wildman–Crippen LogP) is 4.58. The second-order valence-electron chi connectivity index (χ2n) is 5.68. The minimum absolute atomic E-state index is 0.0730. The molecule has 0 aromatic heterocycles. The van der Waals surface area contributed by atoms with E-state index < -0.39 is 12.3 Å². The zero-order valence-electron chi connectivity index (χ0n) is 13.4. The van der Waals surface area contributed by atoms with E-state index in [0.29, 0.717) is 11.4 Å². The maximum absolute atomic E-state index is 13.0. The summed E-state index contributed by atoms with van der Waals surface area (Å²) in [5.74, 6) is -0.198. The Balaban J connectivity index is 1.73. The molecule has 0 saturated carbocycles. The molecule has 126 valence electrons. The Bertz CT molecular complexity index is 798. The zero-order valence-corrected chi connectivity index (χ0v) is 13.4. The van der Waals surface area contributed by atoms with E-state index in [1.54, 1.807) is 0 Å². The van der Waals surface area contributed by atoms with Crippen molar-refractivity contribution in [1.82, 2.24) is 0 Å². The second-order valence-corrected chi connectivity index (χ2v) is 5.68. The van der Waals surface area contributed by atoms with E-state index in [9.17, 15) is 13.6 Å². The van der Waals surface area contributed by atoms with Gasteiger partial charge >= 0.3 is 12.3 Å². The SMILES string of the molecule is Cc1cc(C)c(NC(=O)Nc2ccc3c(c2)OC(F)(F)O3)c(C)c1. The van der Waals surface area contributed by atoms with E-state index in [1.165, 1.54) is 18.2 Å². The van der Waals surface area contributed by atoms with Crippen LogP contribution in [0.5, 0.6) is 11.5 Å². The lowest BCUT2D eigenvalue weighted by atomic mass is 10.1. The first-order valence-corrected chi connectivity index (χ1v) is 7.29. The molecule has 1 aliphatic rings. The van der Waals surface area contributed by atoms with Crippen LogP contribution in [0.4, 0.5) is 25.0 Å². The monoisotopic (exact) mass is 334 g/mol. The van der Waals surface area contributed by atoms with Gasteiger partial charge in [0.15, 0.2) is 11.5 Å². The largest absolute Gasteiger partial charge is 0.586 e. The van der Waals surface area contributed by atoms with E-state index in [-0.39, 0.29) is 11.5 Å². The Labute approximate surface area is 137 Å². The molecule has 0 fully saturated rings. The first-order chi connectivity index (χ1) is 11.2. The minimum atomic E-state index is -3.68. The van der Waals surface area contributed by atoms with Crippen LogP contribution in [-0.2, 0) is 0 Å². The fourth-order valence-corrected chi connectivity index (χ4v) is 2.68. The average molecular weight is 334 g/mol. The number of hydrogen-bond acceptors (Lipinski definition) is 3. The maximum atomic E-state index is 13.0. The van der Waals surface area contributed by atoms with Crippen molar-refractivity contribution in [3.63, 3.8) is 0 Å². The molecule has 0 spiro atoms. The average Bonchev–Trinajstić information content (AvgIpc) is 2.76. The number of benzene rings is 2. The standard InChI is InChI=1S/C17H16F2N2O3/c1-9-6-10(2)15(11(3)7-9)21-16(22)20-12-4-5-13-14(8-12)24-17(18,19)23-13/h4-8H,1-3H3,(H2,20,21,22). The van der Waals surface area contributed by atoms with Gasteiger partial charge in [0.05, 0.1) is 0 Å². The van der Waals surface area contributed by atoms with Crippen molar-refractivity contribution in [2.45, 2.75) is 27.1 Å². The van der Waals surface area contributed by atoms with Crippen LogP contribution in [0.25, 0.3) is 0 Å². The molecule has 2 N–H and O–H groups in total. The van der Waals surface area contributed by atoms with E-state index >= 15 is 0 Å². The van der Waals surface area contributed by atoms with Crippen LogP contribution in [0.3, 0.4) is 0 Å². The molecule has 0 unspecified atom stereocenters. The lowest BCUT2D eigenvalue weighted by Crippen LogP contribution is -2.25. The molecule has 0 aliphatic carbocycles. The maximum Gasteiger partial charge on any atom is 0.586 e. The number of aryl methyl sites for hydroxylation is 3. The van der Waals surface area contributed by atoms with E-state index in [2.05, 4.69) is 20.1 Å². The van der Waals surface area contributed by atoms with Gasteiger partial charge in [0.2, 0.25) is 0 Å². The quantitative estimate of drug-likeness (QED) is 0.845. The van der Waals surface area contributed by atoms with Crippen LogP contribution < -0.4 is 20.1 Å². The molecular formula is C17H16F2N2O3. The summed E-state index contributed by atoms with van der Waals surface area (Å²) >= 11 is 0. The van der Waals surface area contributed by atoms with Crippen molar-refractivity contribution < 1.29 is 23.0 Å². The third-order valence-electron chi connectivity index (χ3n) is 3.57. The summed E-state index contributed by atoms with van der Waals surface area (Å²) in [6.07, 6.45) is -3.68. The van der Waals surface area contributed by atoms with Crippen molar-refractivity contribution in [2.75, 3.05) is 10.6 Å². The molecule has 0 saturated heterocycles. The Morgan fingerprint density at radius 3 is 2.25 bits per heavy atom. The van der Waals surface area contributed by atoms with Crippen LogP contribution in [0, 0.1) is 20.8 Å². The summed E-state index contributed by atoms with van der Waals surface area (Å²) in [7, 11) is 0. The topological polar surface area (TPSA) is 59.6 Å². The molecule has 1 heterocycles. The number of carbonyl (C=O) groups excluding carboxylic acids is 1. The molecule has 1 aliphatic heterocycles. The van der Waals surface area contributed by atoms with E-state index in [1.807, 2.05) is 32.9 Å². The first kappa shape index (κ1) is 16.0. The fourth-order valence-electron chi connectivity index (χ4n) is 2.68. The van der Waals surface area contributed by atoms with Crippen LogP contribution in [-0.4, -0.2) is 12.3 Å². The number of halogens is 2. The van der Waals surface area contributed by atoms with Gasteiger partial charge in [0.1, 0.15) is 0 Å². The molecule has 0 bridgehead atoms. The molecule has 2 amide bonds. The lowest BCUT2D eigenvalue weighted by Gasteiger charge is -2.13. The first-order valence-electron chi connectivity index (χ1n) is 7.29. The van der Waals surface area contributed by atoms with Gasteiger partial charge < -0.3 is 20.1 Å². The van der Waals surface area contributed by atoms with Crippen LogP contribution in [0.15, 0.2) is 30.3 Å². The molecule has 2 aromatic carbocycles. The molecule has 0 radical (unpaired) electrons. The van der Waals surface area contributed by atoms with Crippen molar-refractivity contribution in [3.05, 3.63) is 47.0 Å². The number of carbonyl (C=O) groups is 1. The Morgan fingerprint density at radius 2 is 1.58 bits per heavy atom. The molecule has 3 rings (SSSR count). The van der Waals surface area contributed by atoms with Gasteiger partial charge in [-0.15, -0.1) is 8.78 Å². The smallest absolute Gasteiger partial charge is 0.395 e. The number of alkyl halides is 2. The lowest BCUT2D eigenvalue weighted by molar-refractivity contribution is -0.286. The third-order valence-corrected chi connectivity index (χ3v) is 3.57. The van der Waals surface area contributed by atoms with Crippen molar-refractivity contribution >= 4 is 17.4 Å². The summed E-state index contributed by atoms with van der Waals surface area (Å²) in [6, 6.07) is 7.50. The molecule has 2 aromatic rings. The highest BCUT2D eigenvalue weighted by atomic mass is 19.3. The normalized spacial score (nSPS) is 14.4. The number of urea groups is 1. The van der Waals surface area contributed by atoms with Crippen LogP contribution in [0.2, 0.25) is 0 Å². The van der Waals surface area contributed by atoms with Crippen molar-refractivity contribution in [2.24, 2.45) is 0 Å². The highest BCUT2D eigenvalue weighted by Crippen LogP contribution is 2.42. The third kappa shape index (κ3) is 3.24. The molecule has 24 heavy (non-hydrogen) atoms. The summed E-state index contributed by atoms with van der Waals surface area (Å²) in [5.41, 5.74) is 4.01. The number of anilines is 2.